The van der Waals surface area contributed by atoms with E-state index in [1.54, 1.807) is 14.2 Å². The second-order valence-corrected chi connectivity index (χ2v) is 6.19. The molecule has 1 aromatic rings. The lowest BCUT2D eigenvalue weighted by Gasteiger charge is -2.18. The summed E-state index contributed by atoms with van der Waals surface area (Å²) in [7, 11) is 5.50. The van der Waals surface area contributed by atoms with Gasteiger partial charge in [-0.2, -0.15) is 0 Å². The van der Waals surface area contributed by atoms with Crippen LogP contribution >= 0.6 is 24.0 Å². The lowest BCUT2D eigenvalue weighted by Crippen LogP contribution is -2.41. The van der Waals surface area contributed by atoms with E-state index in [4.69, 9.17) is 14.2 Å². The van der Waals surface area contributed by atoms with Gasteiger partial charge in [-0.05, 0) is 45.0 Å². The fraction of sp³-hybridized carbons (Fsp3) is 0.650. The van der Waals surface area contributed by atoms with Crippen LogP contribution in [0.2, 0.25) is 0 Å². The van der Waals surface area contributed by atoms with Gasteiger partial charge in [0.25, 0.3) is 0 Å². The number of aliphatic imine (C=N–C) groups is 1. The summed E-state index contributed by atoms with van der Waals surface area (Å²) in [5, 5.41) is 6.67. The summed E-state index contributed by atoms with van der Waals surface area (Å²) >= 11 is 0. The number of methoxy groups -OCH3 is 2. The van der Waals surface area contributed by atoms with E-state index >= 15 is 0 Å². The molecule has 0 spiro atoms. The molecule has 28 heavy (non-hydrogen) atoms. The number of nitrogens with one attached hydrogen (secondary N) is 2. The van der Waals surface area contributed by atoms with Crippen molar-refractivity contribution in [2.24, 2.45) is 4.99 Å². The third-order valence-corrected chi connectivity index (χ3v) is 3.97. The summed E-state index contributed by atoms with van der Waals surface area (Å²) in [4.78, 5) is 6.96. The van der Waals surface area contributed by atoms with Crippen molar-refractivity contribution in [2.75, 3.05) is 60.7 Å². The Morgan fingerprint density at radius 2 is 1.89 bits per heavy atom. The number of ether oxygens (including phenoxy) is 3. The van der Waals surface area contributed by atoms with Crippen LogP contribution in [0.3, 0.4) is 0 Å². The normalized spacial score (nSPS) is 11.1. The van der Waals surface area contributed by atoms with Crippen LogP contribution < -0.4 is 20.1 Å². The summed E-state index contributed by atoms with van der Waals surface area (Å²) in [5.41, 5.74) is 1.08. The molecule has 1 aromatic carbocycles. The molecule has 0 heterocycles. The number of halogens is 1. The third-order valence-electron chi connectivity index (χ3n) is 3.97. The van der Waals surface area contributed by atoms with Gasteiger partial charge in [-0.1, -0.05) is 6.07 Å². The Bertz CT molecular complexity index is 558. The lowest BCUT2D eigenvalue weighted by molar-refractivity contribution is 0.180. The molecule has 0 amide bonds. The van der Waals surface area contributed by atoms with Gasteiger partial charge in [-0.3, -0.25) is 0 Å². The smallest absolute Gasteiger partial charge is 0.191 e. The van der Waals surface area contributed by atoms with Crippen LogP contribution in [0, 0.1) is 0 Å². The molecule has 0 atom stereocenters. The summed E-state index contributed by atoms with van der Waals surface area (Å²) in [6.45, 7) is 9.63. The molecule has 0 saturated heterocycles. The Labute approximate surface area is 187 Å². The summed E-state index contributed by atoms with van der Waals surface area (Å²) in [5.74, 6) is 2.31. The zero-order valence-electron chi connectivity index (χ0n) is 17.9. The van der Waals surface area contributed by atoms with Crippen LogP contribution in [0.15, 0.2) is 23.2 Å². The van der Waals surface area contributed by atoms with Crippen molar-refractivity contribution in [3.05, 3.63) is 23.8 Å². The molecule has 0 bridgehead atoms. The first-order valence-corrected chi connectivity index (χ1v) is 9.63. The van der Waals surface area contributed by atoms with E-state index in [0.717, 1.165) is 62.2 Å². The van der Waals surface area contributed by atoms with Gasteiger partial charge in [0.15, 0.2) is 17.5 Å². The Balaban J connectivity index is 0.00000729. The Kier molecular flexibility index (Phi) is 15.9. The number of hydrogen-bond donors (Lipinski definition) is 2. The summed E-state index contributed by atoms with van der Waals surface area (Å²) < 4.78 is 16.1. The molecule has 1 rings (SSSR count). The SMILES string of the molecule is CCNC(=NCc1ccc(OC)c(OCC)c1)NCCN(C)CCCOC.I. The Morgan fingerprint density at radius 1 is 1.11 bits per heavy atom. The van der Waals surface area contributed by atoms with Crippen molar-refractivity contribution in [1.82, 2.24) is 15.5 Å². The van der Waals surface area contributed by atoms with Gasteiger partial charge in [0.2, 0.25) is 0 Å². The quantitative estimate of drug-likeness (QED) is 0.185. The van der Waals surface area contributed by atoms with Crippen molar-refractivity contribution in [1.29, 1.82) is 0 Å². The van der Waals surface area contributed by atoms with Gasteiger partial charge in [0, 0.05) is 39.9 Å². The van der Waals surface area contributed by atoms with E-state index in [1.165, 1.54) is 0 Å². The van der Waals surface area contributed by atoms with Gasteiger partial charge in [-0.15, -0.1) is 24.0 Å². The molecule has 7 nitrogen and oxygen atoms in total. The predicted molar refractivity (Wildman–Crippen MR) is 126 cm³/mol. The van der Waals surface area contributed by atoms with E-state index in [9.17, 15) is 0 Å². The first-order valence-electron chi connectivity index (χ1n) is 9.63. The minimum Gasteiger partial charge on any atom is -0.493 e. The van der Waals surface area contributed by atoms with Gasteiger partial charge in [-0.25, -0.2) is 4.99 Å². The minimum absolute atomic E-state index is 0. The van der Waals surface area contributed by atoms with Gasteiger partial charge < -0.3 is 29.7 Å². The maximum Gasteiger partial charge on any atom is 0.191 e. The third kappa shape index (κ3) is 10.9. The fourth-order valence-corrected chi connectivity index (χ4v) is 2.56. The van der Waals surface area contributed by atoms with E-state index in [0.29, 0.717) is 13.2 Å². The second-order valence-electron chi connectivity index (χ2n) is 6.19. The Morgan fingerprint density at radius 3 is 2.54 bits per heavy atom. The summed E-state index contributed by atoms with van der Waals surface area (Å²) in [6.07, 6.45) is 1.04. The standard InChI is InChI=1S/C20H36N4O3.HI/c1-6-21-20(22-11-13-24(3)12-8-14-25-4)23-16-17-9-10-18(26-5)19(15-17)27-7-2;/h9-10,15H,6-8,11-14,16H2,1-5H3,(H2,21,22,23);1H. The molecule has 0 aromatic heterocycles. The van der Waals surface area contributed by atoms with Gasteiger partial charge in [0.05, 0.1) is 20.3 Å². The van der Waals surface area contributed by atoms with Crippen LogP contribution in [0.25, 0.3) is 0 Å². The van der Waals surface area contributed by atoms with E-state index in [-0.39, 0.29) is 24.0 Å². The van der Waals surface area contributed by atoms with Crippen LogP contribution in [-0.4, -0.2) is 71.5 Å². The first-order chi connectivity index (χ1) is 13.1. The van der Waals surface area contributed by atoms with E-state index in [1.807, 2.05) is 25.1 Å². The molecule has 0 radical (unpaired) electrons. The Hall–Kier alpha value is -1.26. The fourth-order valence-electron chi connectivity index (χ4n) is 2.56. The highest BCUT2D eigenvalue weighted by Gasteiger charge is 2.06. The summed E-state index contributed by atoms with van der Waals surface area (Å²) in [6, 6.07) is 5.92. The number of hydrogen-bond acceptors (Lipinski definition) is 5. The number of guanidine groups is 1. The predicted octanol–water partition coefficient (Wildman–Crippen LogP) is 2.74. The van der Waals surface area contributed by atoms with Crippen molar-refractivity contribution >= 4 is 29.9 Å². The zero-order valence-corrected chi connectivity index (χ0v) is 20.2. The average Bonchev–Trinajstić information content (AvgIpc) is 2.67. The number of benzene rings is 1. The topological polar surface area (TPSA) is 67.4 Å². The number of nitrogens with zero attached hydrogens (tertiary/aromatic N) is 2. The molecule has 2 N–H and O–H groups in total. The molecule has 162 valence electrons. The molecular weight excluding hydrogens is 471 g/mol. The molecule has 0 saturated carbocycles. The second kappa shape index (κ2) is 16.7. The number of rotatable bonds is 13. The zero-order chi connectivity index (χ0) is 19.9. The minimum atomic E-state index is 0. The lowest BCUT2D eigenvalue weighted by atomic mass is 10.2. The molecule has 0 fully saturated rings. The maximum atomic E-state index is 5.64. The highest BCUT2D eigenvalue weighted by molar-refractivity contribution is 14.0. The molecular formula is C20H37IN4O3. The molecule has 0 aliphatic rings. The highest BCUT2D eigenvalue weighted by Crippen LogP contribution is 2.28. The van der Waals surface area contributed by atoms with Crippen molar-refractivity contribution in [3.8, 4) is 11.5 Å². The van der Waals surface area contributed by atoms with E-state index in [2.05, 4.69) is 34.5 Å². The maximum absolute atomic E-state index is 5.64. The molecule has 0 unspecified atom stereocenters. The van der Waals surface area contributed by atoms with Crippen LogP contribution in [0.1, 0.15) is 25.8 Å². The van der Waals surface area contributed by atoms with Crippen LogP contribution in [0.5, 0.6) is 11.5 Å². The highest BCUT2D eigenvalue weighted by atomic mass is 127. The molecule has 8 heteroatoms. The van der Waals surface area contributed by atoms with Gasteiger partial charge >= 0.3 is 0 Å². The average molecular weight is 508 g/mol. The van der Waals surface area contributed by atoms with E-state index < -0.39 is 0 Å². The van der Waals surface area contributed by atoms with Crippen LogP contribution in [0.4, 0.5) is 0 Å². The van der Waals surface area contributed by atoms with Crippen molar-refractivity contribution in [3.63, 3.8) is 0 Å². The van der Waals surface area contributed by atoms with Gasteiger partial charge in [0.1, 0.15) is 0 Å². The number of likely N-dealkylation sites (N-methyl/N-ethyl adjacent to an activating group) is 1. The van der Waals surface area contributed by atoms with Crippen molar-refractivity contribution in [2.45, 2.75) is 26.8 Å². The van der Waals surface area contributed by atoms with Crippen molar-refractivity contribution < 1.29 is 14.2 Å². The van der Waals surface area contributed by atoms with Crippen LogP contribution in [-0.2, 0) is 11.3 Å². The monoisotopic (exact) mass is 508 g/mol. The molecule has 0 aliphatic heterocycles. The largest absolute Gasteiger partial charge is 0.493 e. The molecule has 0 aliphatic carbocycles. The first kappa shape index (κ1) is 26.7.